The molecule has 0 unspecified atom stereocenters. The van der Waals surface area contributed by atoms with Crippen molar-refractivity contribution in [2.24, 2.45) is 0 Å². The Morgan fingerprint density at radius 3 is 2.10 bits per heavy atom. The second-order valence-corrected chi connectivity index (χ2v) is 6.67. The quantitative estimate of drug-likeness (QED) is 0.633. The van der Waals surface area contributed by atoms with Crippen LogP contribution in [0.1, 0.15) is 12.0 Å². The number of hydrogen-bond acceptors (Lipinski definition) is 4. The lowest BCUT2D eigenvalue weighted by molar-refractivity contribution is -0.121. The third-order valence-corrected chi connectivity index (χ3v) is 4.62. The summed E-state index contributed by atoms with van der Waals surface area (Å²) in [5, 5.41) is 0. The van der Waals surface area contributed by atoms with Crippen LogP contribution in [0.25, 0.3) is 0 Å². The molecule has 1 aliphatic heterocycles. The average molecular weight is 403 g/mol. The number of hydrazine groups is 1. The van der Waals surface area contributed by atoms with Crippen LogP contribution in [0, 0.1) is 0 Å². The SMILES string of the molecule is O=C(CCc1ccc2c(c1)OCO2)NNC(=O)N(c1ccccc1)c1ccccc1. The van der Waals surface area contributed by atoms with Gasteiger partial charge in [0.2, 0.25) is 12.7 Å². The molecular weight excluding hydrogens is 382 g/mol. The van der Waals surface area contributed by atoms with Gasteiger partial charge in [0.1, 0.15) is 0 Å². The highest BCUT2D eigenvalue weighted by molar-refractivity contribution is 6.00. The lowest BCUT2D eigenvalue weighted by Gasteiger charge is -2.23. The zero-order valence-electron chi connectivity index (χ0n) is 16.2. The number of carbonyl (C=O) groups excluding carboxylic acids is 2. The molecule has 1 aliphatic rings. The fraction of sp³-hybridized carbons (Fsp3) is 0.130. The van der Waals surface area contributed by atoms with Crippen molar-refractivity contribution >= 4 is 23.3 Å². The van der Waals surface area contributed by atoms with Crippen LogP contribution in [0.4, 0.5) is 16.2 Å². The van der Waals surface area contributed by atoms with Gasteiger partial charge in [0.05, 0.1) is 11.4 Å². The normalized spacial score (nSPS) is 11.6. The fourth-order valence-electron chi connectivity index (χ4n) is 3.13. The summed E-state index contributed by atoms with van der Waals surface area (Å²) in [5.41, 5.74) is 7.32. The van der Waals surface area contributed by atoms with Crippen molar-refractivity contribution in [3.63, 3.8) is 0 Å². The van der Waals surface area contributed by atoms with Crippen molar-refractivity contribution in [2.45, 2.75) is 12.8 Å². The van der Waals surface area contributed by atoms with Crippen molar-refractivity contribution in [1.82, 2.24) is 10.9 Å². The lowest BCUT2D eigenvalue weighted by Crippen LogP contribution is -2.47. The number of nitrogens with one attached hydrogen (secondary N) is 2. The maximum atomic E-state index is 12.8. The Balaban J connectivity index is 1.35. The molecule has 152 valence electrons. The van der Waals surface area contributed by atoms with Gasteiger partial charge in [-0.15, -0.1) is 0 Å². The van der Waals surface area contributed by atoms with Gasteiger partial charge in [0.25, 0.3) is 0 Å². The summed E-state index contributed by atoms with van der Waals surface area (Å²) in [5.74, 6) is 1.10. The first-order chi connectivity index (χ1) is 14.7. The number of rotatable bonds is 5. The largest absolute Gasteiger partial charge is 0.454 e. The maximum Gasteiger partial charge on any atom is 0.345 e. The number of benzene rings is 3. The minimum absolute atomic E-state index is 0.213. The topological polar surface area (TPSA) is 79.9 Å². The van der Waals surface area contributed by atoms with Crippen LogP contribution in [0.3, 0.4) is 0 Å². The number of urea groups is 1. The maximum absolute atomic E-state index is 12.8. The summed E-state index contributed by atoms with van der Waals surface area (Å²) in [6.07, 6.45) is 0.732. The molecule has 0 radical (unpaired) electrons. The van der Waals surface area contributed by atoms with Gasteiger partial charge < -0.3 is 9.47 Å². The van der Waals surface area contributed by atoms with Gasteiger partial charge >= 0.3 is 6.03 Å². The van der Waals surface area contributed by atoms with Gasteiger partial charge in [-0.25, -0.2) is 10.2 Å². The van der Waals surface area contributed by atoms with Crippen LogP contribution in [0.5, 0.6) is 11.5 Å². The summed E-state index contributed by atoms with van der Waals surface area (Å²) in [7, 11) is 0. The molecule has 0 saturated carbocycles. The van der Waals surface area contributed by atoms with E-state index in [0.29, 0.717) is 29.3 Å². The summed E-state index contributed by atoms with van der Waals surface area (Å²) in [6, 6.07) is 23.6. The molecule has 0 saturated heterocycles. The molecule has 3 aromatic carbocycles. The molecule has 3 aromatic rings. The molecule has 0 atom stereocenters. The van der Waals surface area contributed by atoms with E-state index in [0.717, 1.165) is 5.56 Å². The zero-order chi connectivity index (χ0) is 20.8. The standard InChI is InChI=1S/C23H21N3O4/c27-22(14-12-17-11-13-20-21(15-17)30-16-29-20)24-25-23(28)26(18-7-3-1-4-8-18)19-9-5-2-6-10-19/h1-11,13,15H,12,14,16H2,(H,24,27)(H,25,28). The first kappa shape index (κ1) is 19.3. The van der Waals surface area contributed by atoms with Crippen molar-refractivity contribution in [3.8, 4) is 11.5 Å². The summed E-state index contributed by atoms with van der Waals surface area (Å²) < 4.78 is 10.6. The van der Waals surface area contributed by atoms with Crippen molar-refractivity contribution < 1.29 is 19.1 Å². The molecule has 3 amide bonds. The van der Waals surface area contributed by atoms with E-state index >= 15 is 0 Å². The number of hydrogen-bond donors (Lipinski definition) is 2. The predicted octanol–water partition coefficient (Wildman–Crippen LogP) is 3.93. The molecule has 7 nitrogen and oxygen atoms in total. The Hall–Kier alpha value is -4.00. The Morgan fingerprint density at radius 2 is 1.43 bits per heavy atom. The highest BCUT2D eigenvalue weighted by Crippen LogP contribution is 2.32. The van der Waals surface area contributed by atoms with E-state index in [1.165, 1.54) is 4.90 Å². The molecule has 0 aromatic heterocycles. The van der Waals surface area contributed by atoms with E-state index in [9.17, 15) is 9.59 Å². The highest BCUT2D eigenvalue weighted by Gasteiger charge is 2.18. The van der Waals surface area contributed by atoms with Crippen molar-refractivity contribution in [2.75, 3.05) is 11.7 Å². The number of anilines is 2. The number of ether oxygens (including phenoxy) is 2. The average Bonchev–Trinajstić information content (AvgIpc) is 3.26. The molecule has 7 heteroatoms. The number of para-hydroxylation sites is 2. The summed E-state index contributed by atoms with van der Waals surface area (Å²) >= 11 is 0. The smallest absolute Gasteiger partial charge is 0.345 e. The molecule has 1 heterocycles. The summed E-state index contributed by atoms with van der Waals surface area (Å²) in [6.45, 7) is 0.213. The van der Waals surface area contributed by atoms with Gasteiger partial charge in [-0.1, -0.05) is 42.5 Å². The van der Waals surface area contributed by atoms with Gasteiger partial charge in [0, 0.05) is 6.42 Å². The first-order valence-corrected chi connectivity index (χ1v) is 9.58. The number of aryl methyl sites for hydroxylation is 1. The highest BCUT2D eigenvalue weighted by atomic mass is 16.7. The molecular formula is C23H21N3O4. The van der Waals surface area contributed by atoms with Gasteiger partial charge in [-0.05, 0) is 48.4 Å². The molecule has 4 rings (SSSR count). The Morgan fingerprint density at radius 1 is 0.800 bits per heavy atom. The predicted molar refractivity (Wildman–Crippen MR) is 113 cm³/mol. The molecule has 0 bridgehead atoms. The van der Waals surface area contributed by atoms with E-state index in [4.69, 9.17) is 9.47 Å². The molecule has 0 aliphatic carbocycles. The number of fused-ring (bicyclic) bond motifs is 1. The van der Waals surface area contributed by atoms with E-state index < -0.39 is 6.03 Å². The van der Waals surface area contributed by atoms with E-state index in [1.54, 1.807) is 0 Å². The third-order valence-electron chi connectivity index (χ3n) is 4.62. The van der Waals surface area contributed by atoms with Crippen molar-refractivity contribution in [1.29, 1.82) is 0 Å². The lowest BCUT2D eigenvalue weighted by atomic mass is 10.1. The van der Waals surface area contributed by atoms with Gasteiger partial charge in [-0.3, -0.25) is 15.1 Å². The molecule has 0 spiro atoms. The number of nitrogens with zero attached hydrogens (tertiary/aromatic N) is 1. The van der Waals surface area contributed by atoms with Crippen molar-refractivity contribution in [3.05, 3.63) is 84.4 Å². The monoisotopic (exact) mass is 403 g/mol. The van der Waals surface area contributed by atoms with E-state index in [2.05, 4.69) is 10.9 Å². The van der Waals surface area contributed by atoms with E-state index in [1.807, 2.05) is 78.9 Å². The van der Waals surface area contributed by atoms with Crippen LogP contribution in [-0.4, -0.2) is 18.7 Å². The van der Waals surface area contributed by atoms with E-state index in [-0.39, 0.29) is 19.1 Å². The van der Waals surface area contributed by atoms with Crippen LogP contribution < -0.4 is 25.2 Å². The van der Waals surface area contributed by atoms with Gasteiger partial charge in [0.15, 0.2) is 11.5 Å². The molecule has 0 fully saturated rings. The minimum Gasteiger partial charge on any atom is -0.454 e. The Kier molecular flexibility index (Phi) is 5.80. The Bertz CT molecular complexity index is 986. The van der Waals surface area contributed by atoms with Gasteiger partial charge in [-0.2, -0.15) is 0 Å². The number of amides is 3. The summed E-state index contributed by atoms with van der Waals surface area (Å²) in [4.78, 5) is 26.6. The minimum atomic E-state index is -0.455. The van der Waals surface area contributed by atoms with Crippen LogP contribution in [-0.2, 0) is 11.2 Å². The van der Waals surface area contributed by atoms with Crippen LogP contribution in [0.2, 0.25) is 0 Å². The first-order valence-electron chi connectivity index (χ1n) is 9.58. The second kappa shape index (κ2) is 9.00. The van der Waals surface area contributed by atoms with Crippen LogP contribution >= 0.6 is 0 Å². The zero-order valence-corrected chi connectivity index (χ0v) is 16.2. The van der Waals surface area contributed by atoms with Crippen LogP contribution in [0.15, 0.2) is 78.9 Å². The third kappa shape index (κ3) is 4.52. The fourth-order valence-corrected chi connectivity index (χ4v) is 3.13. The second-order valence-electron chi connectivity index (χ2n) is 6.67. The molecule has 30 heavy (non-hydrogen) atoms. The molecule has 2 N–H and O–H groups in total. The Labute approximate surface area is 174 Å². The number of carbonyl (C=O) groups is 2.